The molecule has 2 saturated heterocycles. The number of fused-ring (bicyclic) bond motifs is 2. The van der Waals surface area contributed by atoms with Gasteiger partial charge in [0.1, 0.15) is 18.1 Å². The molecule has 1 aromatic rings. The molecule has 406 valence electrons. The van der Waals surface area contributed by atoms with Gasteiger partial charge in [0.15, 0.2) is 0 Å². The number of aliphatic carboxylic acids is 1. The first kappa shape index (κ1) is 58.6. The molecule has 7 amide bonds. The molecule has 1 saturated carbocycles. The Balaban J connectivity index is 1.14. The number of carbonyl (C=O) groups excluding carboxylic acids is 7. The molecule has 3 heterocycles. The summed E-state index contributed by atoms with van der Waals surface area (Å²) in [7, 11) is 4.67. The van der Waals surface area contributed by atoms with Crippen molar-refractivity contribution < 1.29 is 67.1 Å². The molecular formula is C53H80N6O14. The number of nitrogens with one attached hydrogen (secondary N) is 2. The zero-order valence-corrected chi connectivity index (χ0v) is 44.0. The molecule has 1 aromatic carbocycles. The molecule has 2 bridgehead atoms. The number of methoxy groups -OCH3 is 2. The third-order valence-corrected chi connectivity index (χ3v) is 15.1. The minimum atomic E-state index is -1.16. The predicted octanol–water partition coefficient (Wildman–Crippen LogP) is 2.60. The maximum atomic E-state index is 14.7. The molecule has 7 unspecified atom stereocenters. The summed E-state index contributed by atoms with van der Waals surface area (Å²) in [6, 6.07) is 5.08. The summed E-state index contributed by atoms with van der Waals surface area (Å²) in [4.78, 5) is 112. The Labute approximate surface area is 430 Å². The van der Waals surface area contributed by atoms with Crippen molar-refractivity contribution in [3.8, 4) is 0 Å². The van der Waals surface area contributed by atoms with Crippen molar-refractivity contribution in [2.24, 2.45) is 23.7 Å². The maximum Gasteiger partial charge on any atom is 0.326 e. The average molecular weight is 1030 g/mol. The molecule has 11 atom stereocenters. The summed E-state index contributed by atoms with van der Waals surface area (Å²) >= 11 is 0. The number of amides is 7. The number of benzene rings is 1. The number of piperidine rings is 1. The van der Waals surface area contributed by atoms with Crippen LogP contribution < -0.4 is 10.6 Å². The monoisotopic (exact) mass is 1020 g/mol. The summed E-state index contributed by atoms with van der Waals surface area (Å²) in [5.74, 6) is -4.81. The van der Waals surface area contributed by atoms with Crippen LogP contribution in [0.1, 0.15) is 91.5 Å². The van der Waals surface area contributed by atoms with Crippen LogP contribution in [0.4, 0.5) is 0 Å². The Bertz CT molecular complexity index is 2060. The first-order valence-electron chi connectivity index (χ1n) is 26.0. The molecule has 5 rings (SSSR count). The Morgan fingerprint density at radius 3 is 2.07 bits per heavy atom. The van der Waals surface area contributed by atoms with E-state index in [1.807, 2.05) is 33.8 Å². The highest BCUT2D eigenvalue weighted by Gasteiger charge is 2.52. The number of carboxylic acids is 1. The van der Waals surface area contributed by atoms with E-state index >= 15 is 0 Å². The molecule has 20 heteroatoms. The van der Waals surface area contributed by atoms with Gasteiger partial charge in [-0.25, -0.2) is 4.79 Å². The average Bonchev–Trinajstić information content (AvgIpc) is 4.20. The van der Waals surface area contributed by atoms with E-state index in [0.717, 1.165) is 23.3 Å². The Morgan fingerprint density at radius 2 is 1.47 bits per heavy atom. The Kier molecular flexibility index (Phi) is 22.8. The minimum Gasteiger partial charge on any atom is -0.480 e. The lowest BCUT2D eigenvalue weighted by molar-refractivity contribution is -0.149. The fourth-order valence-corrected chi connectivity index (χ4v) is 11.0. The van der Waals surface area contributed by atoms with Crippen LogP contribution in [0.3, 0.4) is 0 Å². The van der Waals surface area contributed by atoms with Gasteiger partial charge in [-0.2, -0.15) is 0 Å². The van der Waals surface area contributed by atoms with Gasteiger partial charge in [0, 0.05) is 52.4 Å². The van der Waals surface area contributed by atoms with Crippen molar-refractivity contribution in [2.45, 2.75) is 141 Å². The van der Waals surface area contributed by atoms with Crippen LogP contribution in [0.25, 0.3) is 0 Å². The second kappa shape index (κ2) is 28.4. The Morgan fingerprint density at radius 1 is 0.822 bits per heavy atom. The largest absolute Gasteiger partial charge is 0.480 e. The summed E-state index contributed by atoms with van der Waals surface area (Å²) in [6.07, 6.45) is 5.26. The van der Waals surface area contributed by atoms with E-state index < -0.39 is 60.2 Å². The predicted molar refractivity (Wildman–Crippen MR) is 267 cm³/mol. The van der Waals surface area contributed by atoms with Crippen LogP contribution >= 0.6 is 0 Å². The second-order valence-electron chi connectivity index (χ2n) is 20.1. The van der Waals surface area contributed by atoms with Crippen LogP contribution in [0.5, 0.6) is 0 Å². The van der Waals surface area contributed by atoms with Gasteiger partial charge < -0.3 is 54.1 Å². The quantitative estimate of drug-likeness (QED) is 0.0716. The van der Waals surface area contributed by atoms with E-state index in [9.17, 15) is 43.5 Å². The van der Waals surface area contributed by atoms with Gasteiger partial charge in [-0.1, -0.05) is 71.4 Å². The van der Waals surface area contributed by atoms with Gasteiger partial charge in [0.2, 0.25) is 29.5 Å². The van der Waals surface area contributed by atoms with Gasteiger partial charge in [0.05, 0.1) is 89.2 Å². The molecule has 3 aliphatic heterocycles. The van der Waals surface area contributed by atoms with Crippen molar-refractivity contribution in [1.29, 1.82) is 0 Å². The number of hydrogen-bond donors (Lipinski definition) is 3. The molecule has 0 aromatic heterocycles. The normalized spacial score (nSPS) is 22.3. The number of imide groups is 1. The van der Waals surface area contributed by atoms with E-state index in [2.05, 4.69) is 10.6 Å². The van der Waals surface area contributed by atoms with E-state index in [-0.39, 0.29) is 125 Å². The molecule has 4 aliphatic rings. The van der Waals surface area contributed by atoms with Gasteiger partial charge in [-0.3, -0.25) is 38.5 Å². The first-order chi connectivity index (χ1) is 34.9. The number of ether oxygens (including phenoxy) is 5. The van der Waals surface area contributed by atoms with Crippen molar-refractivity contribution in [3.63, 3.8) is 0 Å². The number of rotatable bonds is 31. The van der Waals surface area contributed by atoms with E-state index in [1.54, 1.807) is 52.9 Å². The van der Waals surface area contributed by atoms with Gasteiger partial charge in [-0.05, 0) is 55.4 Å². The van der Waals surface area contributed by atoms with Crippen LogP contribution in [-0.2, 0) is 68.5 Å². The molecule has 3 N–H and O–H groups in total. The Hall–Kier alpha value is -5.28. The lowest BCUT2D eigenvalue weighted by Crippen LogP contribution is -2.60. The standard InChI is InChI=1S/C53H80N6O14/c1-9-34(4)47(41(69-7)32-45(63)57-22-13-16-40(57)49(70-8)35(5)50(64)54-39(53(67)68)30-36-14-11-10-12-15-36)56(6)52(66)46(33(2)3)55-51(65)48-37-17-18-38(31-37)59(48)44(62)21-24-71-26-28-73-29-27-72-25-23-58-42(60)19-20-43(58)61/h10-12,14-15,19-20,33-35,37-41,46-49H,9,13,16-18,21-32H2,1-8H3,(H,54,64)(H,55,65)(H,67,68)/t34?,35?,37-,38+,39?,40-,41?,46?,47?,48-,49?/m0/s1. The fourth-order valence-electron chi connectivity index (χ4n) is 11.0. The molecular weight excluding hydrogens is 945 g/mol. The smallest absolute Gasteiger partial charge is 0.326 e. The highest BCUT2D eigenvalue weighted by atomic mass is 16.5. The molecule has 73 heavy (non-hydrogen) atoms. The van der Waals surface area contributed by atoms with Crippen molar-refractivity contribution >= 4 is 47.3 Å². The fraction of sp³-hybridized carbons (Fsp3) is 0.698. The van der Waals surface area contributed by atoms with E-state index in [1.165, 1.54) is 26.4 Å². The molecule has 0 spiro atoms. The van der Waals surface area contributed by atoms with Crippen molar-refractivity contribution in [3.05, 3.63) is 48.0 Å². The van der Waals surface area contributed by atoms with Crippen LogP contribution in [0, 0.1) is 23.7 Å². The highest BCUT2D eigenvalue weighted by Crippen LogP contribution is 2.43. The summed E-state index contributed by atoms with van der Waals surface area (Å²) in [6.45, 7) is 11.4. The summed E-state index contributed by atoms with van der Waals surface area (Å²) < 4.78 is 28.7. The summed E-state index contributed by atoms with van der Waals surface area (Å²) in [5.41, 5.74) is 0.764. The van der Waals surface area contributed by atoms with Crippen LogP contribution in [0.15, 0.2) is 42.5 Å². The van der Waals surface area contributed by atoms with E-state index in [0.29, 0.717) is 32.2 Å². The molecule has 20 nitrogen and oxygen atoms in total. The SMILES string of the molecule is CCC(C)C(C(CC(=O)N1CCC[C@H]1C(OC)C(C)C(=O)NC(Cc1ccccc1)C(=O)O)OC)N(C)C(=O)C(NC(=O)[C@@H]1[C@H]2CC[C@H](C2)N1C(=O)CCOCCOCCOCCN1C(=O)C=CC1=O)C(C)C. The number of nitrogens with zero attached hydrogens (tertiary/aromatic N) is 4. The second-order valence-corrected chi connectivity index (χ2v) is 20.1. The minimum absolute atomic E-state index is 0.0401. The number of likely N-dealkylation sites (tertiary alicyclic amines) is 2. The molecule has 1 aliphatic carbocycles. The van der Waals surface area contributed by atoms with E-state index in [4.69, 9.17) is 23.7 Å². The first-order valence-corrected chi connectivity index (χ1v) is 26.0. The van der Waals surface area contributed by atoms with Gasteiger partial charge in [0.25, 0.3) is 11.8 Å². The molecule has 0 radical (unpaired) electrons. The van der Waals surface area contributed by atoms with Gasteiger partial charge in [-0.15, -0.1) is 0 Å². The van der Waals surface area contributed by atoms with Gasteiger partial charge >= 0.3 is 5.97 Å². The number of carboxylic acid groups (broad SMARTS) is 1. The lowest BCUT2D eigenvalue weighted by atomic mass is 9.89. The number of carbonyl (C=O) groups is 8. The van der Waals surface area contributed by atoms with Crippen LogP contribution in [0.2, 0.25) is 0 Å². The number of hydrogen-bond acceptors (Lipinski definition) is 13. The highest BCUT2D eigenvalue weighted by molar-refractivity contribution is 6.12. The van der Waals surface area contributed by atoms with Crippen LogP contribution in [-0.4, -0.2) is 194 Å². The third-order valence-electron chi connectivity index (χ3n) is 15.1. The maximum absolute atomic E-state index is 14.7. The lowest BCUT2D eigenvalue weighted by Gasteiger charge is -2.41. The third kappa shape index (κ3) is 15.4. The summed E-state index contributed by atoms with van der Waals surface area (Å²) in [5, 5.41) is 15.7. The topological polar surface area (TPSA) is 240 Å². The zero-order chi connectivity index (χ0) is 53.4. The number of likely N-dealkylation sites (N-methyl/N-ethyl adjacent to an activating group) is 1. The van der Waals surface area contributed by atoms with Crippen molar-refractivity contribution in [1.82, 2.24) is 30.2 Å². The molecule has 3 fully saturated rings. The zero-order valence-electron chi connectivity index (χ0n) is 44.0. The van der Waals surface area contributed by atoms with Crippen molar-refractivity contribution in [2.75, 3.05) is 74.0 Å².